The molecule has 1 saturated heterocycles. The molecule has 1 fully saturated rings. The Morgan fingerprint density at radius 3 is 2.66 bits per heavy atom. The van der Waals surface area contributed by atoms with E-state index in [1.807, 2.05) is 16.2 Å². The molecule has 0 unspecified atom stereocenters. The van der Waals surface area contributed by atoms with E-state index in [1.54, 1.807) is 24.3 Å². The van der Waals surface area contributed by atoms with Crippen molar-refractivity contribution in [2.45, 2.75) is 52.4 Å². The number of hydrogen-bond acceptors (Lipinski definition) is 6. The Kier molecular flexibility index (Phi) is 6.61. The first-order valence-corrected chi connectivity index (χ1v) is 13.4. The molecule has 2 aromatic heterocycles. The molecule has 2 amide bonds. The van der Waals surface area contributed by atoms with Crippen LogP contribution in [0.1, 0.15) is 61.4 Å². The smallest absolute Gasteiger partial charge is 0.321 e. The van der Waals surface area contributed by atoms with Gasteiger partial charge < -0.3 is 15.1 Å². The molecular formula is C27H32N6OS. The van der Waals surface area contributed by atoms with E-state index in [-0.39, 0.29) is 6.03 Å². The number of amides is 2. The van der Waals surface area contributed by atoms with Crippen molar-refractivity contribution >= 4 is 39.1 Å². The zero-order valence-corrected chi connectivity index (χ0v) is 21.5. The third kappa shape index (κ3) is 4.70. The minimum atomic E-state index is -0.107. The number of thiophene rings is 1. The van der Waals surface area contributed by atoms with Gasteiger partial charge in [-0.15, -0.1) is 11.3 Å². The van der Waals surface area contributed by atoms with Crippen LogP contribution in [0.3, 0.4) is 0 Å². The Labute approximate surface area is 210 Å². The number of carbonyl (C=O) groups is 1. The third-order valence-corrected chi connectivity index (χ3v) is 8.49. The zero-order valence-electron chi connectivity index (χ0n) is 20.7. The average Bonchev–Trinajstić information content (AvgIpc) is 3.25. The summed E-state index contributed by atoms with van der Waals surface area (Å²) in [6, 6.07) is 8.95. The summed E-state index contributed by atoms with van der Waals surface area (Å²) >= 11 is 1.86. The van der Waals surface area contributed by atoms with Gasteiger partial charge in [0.15, 0.2) is 0 Å². The van der Waals surface area contributed by atoms with E-state index in [0.29, 0.717) is 30.3 Å². The lowest BCUT2D eigenvalue weighted by Crippen LogP contribution is -2.50. The number of urea groups is 1. The Morgan fingerprint density at radius 2 is 1.97 bits per heavy atom. The second-order valence-corrected chi connectivity index (χ2v) is 10.9. The van der Waals surface area contributed by atoms with Crippen molar-refractivity contribution in [3.05, 3.63) is 46.1 Å². The Balaban J connectivity index is 1.37. The number of hydrogen-bond donors (Lipinski definition) is 1. The lowest BCUT2D eigenvalue weighted by Gasteiger charge is -2.36. The number of fused-ring (bicyclic) bond motifs is 3. The number of aryl methyl sites for hydroxylation is 1. The number of benzene rings is 1. The molecule has 2 atom stereocenters. The number of anilines is 2. The molecule has 2 aliphatic rings. The van der Waals surface area contributed by atoms with Crippen molar-refractivity contribution < 1.29 is 4.79 Å². The van der Waals surface area contributed by atoms with E-state index in [0.717, 1.165) is 54.7 Å². The summed E-state index contributed by atoms with van der Waals surface area (Å²) in [5, 5.41) is 13.2. The number of nitrogens with one attached hydrogen (secondary N) is 1. The summed E-state index contributed by atoms with van der Waals surface area (Å²) in [6.07, 6.45) is 4.46. The summed E-state index contributed by atoms with van der Waals surface area (Å²) in [5.74, 6) is 3.03. The second-order valence-electron chi connectivity index (χ2n) is 9.84. The fourth-order valence-corrected chi connectivity index (χ4v) is 6.31. The SMILES string of the molecule is CC[C@@H](C)c1nc(N2CCN(C(=O)Nc3ccc(C#N)cc3)CC2)c2c3c(sc2n1)C[C@@H](C)CC3. The van der Waals surface area contributed by atoms with Gasteiger partial charge in [0.25, 0.3) is 0 Å². The third-order valence-electron chi connectivity index (χ3n) is 7.34. The van der Waals surface area contributed by atoms with Gasteiger partial charge in [0, 0.05) is 42.7 Å². The van der Waals surface area contributed by atoms with Crippen LogP contribution in [0.5, 0.6) is 0 Å². The quantitative estimate of drug-likeness (QED) is 0.520. The summed E-state index contributed by atoms with van der Waals surface area (Å²) in [5.41, 5.74) is 2.73. The second kappa shape index (κ2) is 9.82. The predicted molar refractivity (Wildman–Crippen MR) is 141 cm³/mol. The number of aromatic nitrogens is 2. The highest BCUT2D eigenvalue weighted by Gasteiger charge is 2.29. The largest absolute Gasteiger partial charge is 0.352 e. The molecule has 1 aromatic carbocycles. The molecule has 35 heavy (non-hydrogen) atoms. The Hall–Kier alpha value is -3.18. The normalized spacial score (nSPS) is 18.7. The van der Waals surface area contributed by atoms with E-state index >= 15 is 0 Å². The van der Waals surface area contributed by atoms with Gasteiger partial charge in [-0.3, -0.25) is 0 Å². The number of rotatable bonds is 4. The van der Waals surface area contributed by atoms with Crippen LogP contribution in [-0.4, -0.2) is 47.1 Å². The first-order chi connectivity index (χ1) is 17.0. The molecule has 0 saturated carbocycles. The molecule has 5 rings (SSSR count). The highest BCUT2D eigenvalue weighted by molar-refractivity contribution is 7.19. The fourth-order valence-electron chi connectivity index (χ4n) is 4.92. The minimum absolute atomic E-state index is 0.107. The summed E-state index contributed by atoms with van der Waals surface area (Å²) < 4.78 is 0. The predicted octanol–water partition coefficient (Wildman–Crippen LogP) is 5.56. The number of nitrogens with zero attached hydrogens (tertiary/aromatic N) is 5. The fraction of sp³-hybridized carbons (Fsp3) is 0.481. The maximum absolute atomic E-state index is 12.8. The maximum Gasteiger partial charge on any atom is 0.321 e. The van der Waals surface area contributed by atoms with E-state index in [9.17, 15) is 4.79 Å². The van der Waals surface area contributed by atoms with Crippen LogP contribution >= 0.6 is 11.3 Å². The van der Waals surface area contributed by atoms with Gasteiger partial charge in [-0.05, 0) is 61.4 Å². The first kappa shape index (κ1) is 23.6. The number of piperazine rings is 1. The molecule has 3 heterocycles. The van der Waals surface area contributed by atoms with E-state index < -0.39 is 0 Å². The lowest BCUT2D eigenvalue weighted by molar-refractivity contribution is 0.208. The molecular weight excluding hydrogens is 456 g/mol. The molecule has 1 N–H and O–H groups in total. The molecule has 3 aromatic rings. The standard InChI is InChI=1S/C27H32N6OS/c1-4-18(3)24-30-25(23-21-10-5-17(2)15-22(21)35-26(23)31-24)32-11-13-33(14-12-32)27(34)29-20-8-6-19(16-28)7-9-20/h6-9,17-18H,4-5,10-15H2,1-3H3,(H,29,34)/t17-,18+/m0/s1. The number of carbonyl (C=O) groups excluding carboxylic acids is 1. The number of nitriles is 1. The monoisotopic (exact) mass is 488 g/mol. The first-order valence-electron chi connectivity index (χ1n) is 12.6. The van der Waals surface area contributed by atoms with Crippen LogP contribution in [-0.2, 0) is 12.8 Å². The van der Waals surface area contributed by atoms with Crippen LogP contribution in [0.15, 0.2) is 24.3 Å². The summed E-state index contributed by atoms with van der Waals surface area (Å²) in [7, 11) is 0. The van der Waals surface area contributed by atoms with E-state index in [1.165, 1.54) is 22.2 Å². The zero-order chi connectivity index (χ0) is 24.5. The van der Waals surface area contributed by atoms with Crippen LogP contribution in [0.25, 0.3) is 10.2 Å². The topological polar surface area (TPSA) is 85.2 Å². The van der Waals surface area contributed by atoms with E-state index in [2.05, 4.69) is 37.1 Å². The van der Waals surface area contributed by atoms with Crippen molar-refractivity contribution in [3.63, 3.8) is 0 Å². The van der Waals surface area contributed by atoms with Gasteiger partial charge >= 0.3 is 6.03 Å². The van der Waals surface area contributed by atoms with Crippen LogP contribution < -0.4 is 10.2 Å². The Bertz CT molecular complexity index is 1270. The molecule has 7 nitrogen and oxygen atoms in total. The van der Waals surface area contributed by atoms with Gasteiger partial charge in [0.1, 0.15) is 16.5 Å². The molecule has 0 radical (unpaired) electrons. The van der Waals surface area contributed by atoms with Crippen molar-refractivity contribution in [2.75, 3.05) is 36.4 Å². The van der Waals surface area contributed by atoms with Gasteiger partial charge in [0.2, 0.25) is 0 Å². The molecule has 0 bridgehead atoms. The summed E-state index contributed by atoms with van der Waals surface area (Å²) in [4.78, 5) is 29.8. The van der Waals surface area contributed by atoms with Gasteiger partial charge in [-0.1, -0.05) is 20.8 Å². The minimum Gasteiger partial charge on any atom is -0.352 e. The van der Waals surface area contributed by atoms with Crippen molar-refractivity contribution in [3.8, 4) is 6.07 Å². The van der Waals surface area contributed by atoms with Crippen molar-refractivity contribution in [2.24, 2.45) is 5.92 Å². The highest BCUT2D eigenvalue weighted by atomic mass is 32.1. The lowest BCUT2D eigenvalue weighted by atomic mass is 9.89. The average molecular weight is 489 g/mol. The van der Waals surface area contributed by atoms with Crippen LogP contribution in [0.4, 0.5) is 16.3 Å². The molecule has 182 valence electrons. The van der Waals surface area contributed by atoms with Crippen LogP contribution in [0, 0.1) is 17.2 Å². The molecule has 1 aliphatic heterocycles. The van der Waals surface area contributed by atoms with Gasteiger partial charge in [0.05, 0.1) is 17.0 Å². The molecule has 1 aliphatic carbocycles. The highest BCUT2D eigenvalue weighted by Crippen LogP contribution is 2.42. The van der Waals surface area contributed by atoms with Crippen molar-refractivity contribution in [1.82, 2.24) is 14.9 Å². The van der Waals surface area contributed by atoms with Gasteiger partial charge in [-0.25, -0.2) is 14.8 Å². The van der Waals surface area contributed by atoms with E-state index in [4.69, 9.17) is 15.2 Å². The molecule has 8 heteroatoms. The Morgan fingerprint density at radius 1 is 1.23 bits per heavy atom. The van der Waals surface area contributed by atoms with Crippen molar-refractivity contribution in [1.29, 1.82) is 5.26 Å². The van der Waals surface area contributed by atoms with Gasteiger partial charge in [-0.2, -0.15) is 5.26 Å². The molecule has 0 spiro atoms. The maximum atomic E-state index is 12.8. The van der Waals surface area contributed by atoms with Crippen LogP contribution in [0.2, 0.25) is 0 Å². The summed E-state index contributed by atoms with van der Waals surface area (Å²) in [6.45, 7) is 9.48.